The van der Waals surface area contributed by atoms with E-state index in [0.717, 1.165) is 11.6 Å². The van der Waals surface area contributed by atoms with Gasteiger partial charge >= 0.3 is 0 Å². The number of rotatable bonds is 0. The van der Waals surface area contributed by atoms with E-state index in [9.17, 15) is 8.78 Å². The van der Waals surface area contributed by atoms with Crippen LogP contribution in [-0.4, -0.2) is 29.1 Å². The highest BCUT2D eigenvalue weighted by Gasteiger charge is 2.50. The van der Waals surface area contributed by atoms with Gasteiger partial charge in [0, 0.05) is 30.9 Å². The van der Waals surface area contributed by atoms with Crippen molar-refractivity contribution in [1.82, 2.24) is 9.80 Å². The molecule has 0 N–H and O–H groups in total. The van der Waals surface area contributed by atoms with E-state index in [1.807, 2.05) is 18.2 Å². The van der Waals surface area contributed by atoms with E-state index in [-0.39, 0.29) is 23.5 Å². The molecule has 1 saturated heterocycles. The molecule has 4 rings (SSSR count). The maximum absolute atomic E-state index is 14.7. The number of halogens is 2. The van der Waals surface area contributed by atoms with Gasteiger partial charge in [-0.25, -0.2) is 8.78 Å². The molecule has 3 aliphatic rings. The molecule has 132 valence electrons. The minimum absolute atomic E-state index is 0.110. The van der Waals surface area contributed by atoms with Gasteiger partial charge in [0.2, 0.25) is 0 Å². The number of likely N-dealkylation sites (N-methyl/N-ethyl adjacent to an activating group) is 1. The Bertz CT molecular complexity index is 806. The second-order valence-electron chi connectivity index (χ2n) is 7.93. The van der Waals surface area contributed by atoms with Crippen LogP contribution < -0.4 is 0 Å². The zero-order valence-electron chi connectivity index (χ0n) is 15.1. The summed E-state index contributed by atoms with van der Waals surface area (Å²) in [5.41, 5.74) is 2.31. The first-order valence-electron chi connectivity index (χ1n) is 8.84. The van der Waals surface area contributed by atoms with Crippen molar-refractivity contribution in [3.05, 3.63) is 71.0 Å². The Morgan fingerprint density at radius 1 is 1.12 bits per heavy atom. The molecule has 2 nitrogen and oxygen atoms in total. The number of hydrogen-bond acceptors (Lipinski definition) is 2. The fourth-order valence-corrected chi connectivity index (χ4v) is 4.69. The highest BCUT2D eigenvalue weighted by Crippen LogP contribution is 2.47. The summed E-state index contributed by atoms with van der Waals surface area (Å²) in [6.07, 6.45) is 10.6. The van der Waals surface area contributed by atoms with Gasteiger partial charge in [-0.2, -0.15) is 0 Å². The van der Waals surface area contributed by atoms with Crippen LogP contribution in [0.4, 0.5) is 8.78 Å². The highest BCUT2D eigenvalue weighted by molar-refractivity contribution is 5.41. The third kappa shape index (κ3) is 2.30. The van der Waals surface area contributed by atoms with Crippen molar-refractivity contribution in [1.29, 1.82) is 0 Å². The summed E-state index contributed by atoms with van der Waals surface area (Å²) in [4.78, 5) is 4.64. The molecular weight excluding hydrogens is 318 g/mol. The van der Waals surface area contributed by atoms with Crippen molar-refractivity contribution in [2.45, 2.75) is 44.9 Å². The molecule has 0 spiro atoms. The Morgan fingerprint density at radius 3 is 2.64 bits per heavy atom. The molecule has 0 aromatic heterocycles. The topological polar surface area (TPSA) is 6.48 Å². The zero-order valence-corrected chi connectivity index (χ0v) is 15.1. The van der Waals surface area contributed by atoms with Crippen molar-refractivity contribution in [3.8, 4) is 0 Å². The monoisotopic (exact) mass is 342 g/mol. The fraction of sp³-hybridized carbons (Fsp3) is 0.429. The molecule has 2 heterocycles. The highest BCUT2D eigenvalue weighted by atomic mass is 19.1. The van der Waals surface area contributed by atoms with Gasteiger partial charge in [0.25, 0.3) is 0 Å². The lowest BCUT2D eigenvalue weighted by Gasteiger charge is -2.40. The summed E-state index contributed by atoms with van der Waals surface area (Å²) in [5, 5.41) is 0. The Kier molecular flexibility index (Phi) is 3.66. The SMILES string of the molecule is CC1C2N(C)C3=CC=CC=CC3N2Cc2c(F)cc(F)cc2C1(C)C. The summed E-state index contributed by atoms with van der Waals surface area (Å²) in [7, 11) is 2.11. The van der Waals surface area contributed by atoms with Gasteiger partial charge in [-0.3, -0.25) is 4.90 Å². The van der Waals surface area contributed by atoms with E-state index in [4.69, 9.17) is 0 Å². The van der Waals surface area contributed by atoms with Crippen LogP contribution in [0.2, 0.25) is 0 Å². The number of nitrogens with zero attached hydrogens (tertiary/aromatic N) is 2. The Labute approximate surface area is 148 Å². The number of benzene rings is 1. The third-order valence-corrected chi connectivity index (χ3v) is 6.37. The standard InChI is InChI=1S/C21H24F2N2/c1-13-20-24(4)18-8-6-5-7-9-19(18)25(20)12-15-16(21(13,2)3)10-14(22)11-17(15)23/h5-11,13,19-20H,12H2,1-4H3. The Balaban J connectivity index is 1.91. The van der Waals surface area contributed by atoms with Crippen molar-refractivity contribution >= 4 is 0 Å². The molecule has 0 saturated carbocycles. The summed E-state index contributed by atoms with van der Waals surface area (Å²) in [6.45, 7) is 6.88. The molecular formula is C21H24F2N2. The van der Waals surface area contributed by atoms with E-state index < -0.39 is 11.6 Å². The zero-order chi connectivity index (χ0) is 17.9. The second-order valence-corrected chi connectivity index (χ2v) is 7.93. The predicted molar refractivity (Wildman–Crippen MR) is 95.8 cm³/mol. The molecule has 0 amide bonds. The molecule has 0 radical (unpaired) electrons. The average Bonchev–Trinajstić information content (AvgIpc) is 2.72. The molecule has 25 heavy (non-hydrogen) atoms. The van der Waals surface area contributed by atoms with Crippen LogP contribution in [0.3, 0.4) is 0 Å². The van der Waals surface area contributed by atoms with Crippen molar-refractivity contribution in [2.24, 2.45) is 5.92 Å². The van der Waals surface area contributed by atoms with E-state index in [0.29, 0.717) is 12.1 Å². The van der Waals surface area contributed by atoms with Gasteiger partial charge in [-0.05, 0) is 29.0 Å². The maximum Gasteiger partial charge on any atom is 0.130 e. The van der Waals surface area contributed by atoms with Gasteiger partial charge in [0.15, 0.2) is 0 Å². The molecule has 0 bridgehead atoms. The summed E-state index contributed by atoms with van der Waals surface area (Å²) in [6, 6.07) is 2.65. The Morgan fingerprint density at radius 2 is 1.88 bits per heavy atom. The first-order valence-corrected chi connectivity index (χ1v) is 8.84. The first-order chi connectivity index (χ1) is 11.8. The lowest BCUT2D eigenvalue weighted by Crippen LogP contribution is -2.47. The van der Waals surface area contributed by atoms with Gasteiger partial charge in [-0.1, -0.05) is 45.1 Å². The molecule has 3 atom stereocenters. The maximum atomic E-state index is 14.7. The van der Waals surface area contributed by atoms with Crippen molar-refractivity contribution < 1.29 is 8.78 Å². The van der Waals surface area contributed by atoms with Crippen LogP contribution in [-0.2, 0) is 12.0 Å². The lowest BCUT2D eigenvalue weighted by atomic mass is 9.72. The smallest absolute Gasteiger partial charge is 0.130 e. The van der Waals surface area contributed by atoms with Gasteiger partial charge in [0.1, 0.15) is 11.6 Å². The number of fused-ring (bicyclic) bond motifs is 4. The molecule has 1 fully saturated rings. The van der Waals surface area contributed by atoms with Crippen LogP contribution >= 0.6 is 0 Å². The minimum atomic E-state index is -0.494. The van der Waals surface area contributed by atoms with E-state index in [2.05, 4.69) is 49.8 Å². The van der Waals surface area contributed by atoms with Crippen LogP contribution in [0, 0.1) is 17.6 Å². The van der Waals surface area contributed by atoms with Crippen LogP contribution in [0.25, 0.3) is 0 Å². The predicted octanol–water partition coefficient (Wildman–Crippen LogP) is 4.34. The summed E-state index contributed by atoms with van der Waals surface area (Å²) >= 11 is 0. The van der Waals surface area contributed by atoms with E-state index in [1.54, 1.807) is 0 Å². The summed E-state index contributed by atoms with van der Waals surface area (Å²) in [5.74, 6) is -0.733. The van der Waals surface area contributed by atoms with E-state index in [1.165, 1.54) is 11.8 Å². The molecule has 1 aromatic carbocycles. The van der Waals surface area contributed by atoms with Crippen LogP contribution in [0.5, 0.6) is 0 Å². The van der Waals surface area contributed by atoms with E-state index >= 15 is 0 Å². The number of allylic oxidation sites excluding steroid dienone is 4. The van der Waals surface area contributed by atoms with Crippen LogP contribution in [0.15, 0.2) is 48.2 Å². The summed E-state index contributed by atoms with van der Waals surface area (Å²) < 4.78 is 28.7. The quantitative estimate of drug-likeness (QED) is 0.692. The lowest BCUT2D eigenvalue weighted by molar-refractivity contribution is 0.0683. The largest absolute Gasteiger partial charge is 0.360 e. The first kappa shape index (κ1) is 16.5. The second kappa shape index (κ2) is 5.53. The van der Waals surface area contributed by atoms with Crippen molar-refractivity contribution in [2.75, 3.05) is 7.05 Å². The minimum Gasteiger partial charge on any atom is -0.360 e. The molecule has 1 aliphatic carbocycles. The van der Waals surface area contributed by atoms with Gasteiger partial charge in [0.05, 0.1) is 12.2 Å². The molecule has 4 heteroatoms. The molecule has 3 unspecified atom stereocenters. The molecule has 1 aromatic rings. The third-order valence-electron chi connectivity index (χ3n) is 6.37. The van der Waals surface area contributed by atoms with Crippen molar-refractivity contribution in [3.63, 3.8) is 0 Å². The normalized spacial score (nSPS) is 30.2. The molecule has 2 aliphatic heterocycles. The average molecular weight is 342 g/mol. The van der Waals surface area contributed by atoms with Crippen LogP contribution in [0.1, 0.15) is 31.9 Å². The van der Waals surface area contributed by atoms with Gasteiger partial charge < -0.3 is 4.90 Å². The Hall–Kier alpha value is -1.94. The fourth-order valence-electron chi connectivity index (χ4n) is 4.69. The number of hydrogen-bond donors (Lipinski definition) is 0. The van der Waals surface area contributed by atoms with Gasteiger partial charge in [-0.15, -0.1) is 0 Å².